The van der Waals surface area contributed by atoms with Crippen LogP contribution < -0.4 is 5.30 Å². The van der Waals surface area contributed by atoms with E-state index in [4.69, 9.17) is 0 Å². The lowest BCUT2D eigenvalue weighted by Gasteiger charge is -2.27. The molecule has 1 heterocycles. The van der Waals surface area contributed by atoms with Crippen LogP contribution in [-0.2, 0) is 6.16 Å². The first-order chi connectivity index (χ1) is 8.28. The maximum absolute atomic E-state index is 2.45. The monoisotopic (exact) mass is 239 g/mol. The highest BCUT2D eigenvalue weighted by molar-refractivity contribution is 7.85. The first-order valence-electron chi connectivity index (χ1n) is 5.96. The zero-order valence-electron chi connectivity index (χ0n) is 10.0. The quantitative estimate of drug-likeness (QED) is 0.691. The summed E-state index contributed by atoms with van der Waals surface area (Å²) in [5.41, 5.74) is 2.86. The molecule has 1 radical (unpaired) electrons. The highest BCUT2D eigenvalue weighted by atomic mass is 31.2. The molecule has 1 aliphatic rings. The highest BCUT2D eigenvalue weighted by Gasteiger charge is 2.27. The number of rotatable bonds is 2. The lowest BCUT2D eigenvalue weighted by atomic mass is 10.2. The van der Waals surface area contributed by atoms with E-state index in [2.05, 4.69) is 73.2 Å². The van der Waals surface area contributed by atoms with Gasteiger partial charge in [0, 0.05) is 0 Å². The average Bonchev–Trinajstić information content (AvgIpc) is 2.69. The van der Waals surface area contributed by atoms with Crippen LogP contribution in [0.2, 0.25) is 0 Å². The number of fused-ring (bicyclic) bond motifs is 1. The highest BCUT2D eigenvalue weighted by Crippen LogP contribution is 2.62. The molecule has 1 unspecified atom stereocenters. The number of hydrogen-bond donors (Lipinski definition) is 0. The normalized spacial score (nSPS) is 21.5. The molecule has 1 atom stereocenters. The van der Waals surface area contributed by atoms with Gasteiger partial charge in [0.25, 0.3) is 0 Å². The van der Waals surface area contributed by atoms with Crippen LogP contribution >= 0.6 is 7.26 Å². The smallest absolute Gasteiger partial charge is 0.00388 e. The van der Waals surface area contributed by atoms with Gasteiger partial charge >= 0.3 is 0 Å². The Labute approximate surface area is 103 Å². The van der Waals surface area contributed by atoms with Crippen LogP contribution in [0.5, 0.6) is 0 Å². The summed E-state index contributed by atoms with van der Waals surface area (Å²) < 4.78 is 0. The fourth-order valence-electron chi connectivity index (χ4n) is 2.52. The Morgan fingerprint density at radius 2 is 1.59 bits per heavy atom. The van der Waals surface area contributed by atoms with Crippen LogP contribution in [0.1, 0.15) is 11.1 Å². The van der Waals surface area contributed by atoms with Gasteiger partial charge in [0.15, 0.2) is 0 Å². The minimum Gasteiger partial charge on any atom is -0.0754 e. The third kappa shape index (κ3) is 1.94. The number of hydrogen-bond acceptors (Lipinski definition) is 0. The van der Waals surface area contributed by atoms with Crippen LogP contribution in [0, 0.1) is 0 Å². The third-order valence-corrected chi connectivity index (χ3v) is 6.76. The van der Waals surface area contributed by atoms with Gasteiger partial charge in [-0.2, -0.15) is 0 Å². The number of benzene rings is 2. The molecule has 17 heavy (non-hydrogen) atoms. The van der Waals surface area contributed by atoms with E-state index in [0.29, 0.717) is 0 Å². The van der Waals surface area contributed by atoms with Crippen LogP contribution in [0.4, 0.5) is 0 Å². The minimum atomic E-state index is -1.11. The molecule has 0 amide bonds. The molecular weight excluding hydrogens is 223 g/mol. The van der Waals surface area contributed by atoms with Gasteiger partial charge in [-0.15, -0.1) is 0 Å². The maximum Gasteiger partial charge on any atom is -0.00388 e. The fraction of sp³-hybridized carbons (Fsp3) is 0.125. The molecule has 3 rings (SSSR count). The van der Waals surface area contributed by atoms with Crippen molar-refractivity contribution >= 4 is 18.6 Å². The average molecular weight is 239 g/mol. The van der Waals surface area contributed by atoms with Crippen molar-refractivity contribution in [3.8, 4) is 0 Å². The van der Waals surface area contributed by atoms with E-state index >= 15 is 0 Å². The zero-order valence-corrected chi connectivity index (χ0v) is 10.9. The molecule has 0 N–H and O–H groups in total. The SMILES string of the molecule is C[P]1(Cc2ccccc2)C=Cc2ccccc21. The molecule has 0 spiro atoms. The van der Waals surface area contributed by atoms with Crippen molar-refractivity contribution < 1.29 is 0 Å². The van der Waals surface area contributed by atoms with Crippen LogP contribution in [0.3, 0.4) is 0 Å². The fourth-order valence-corrected chi connectivity index (χ4v) is 5.58. The molecule has 0 saturated heterocycles. The molecule has 2 aromatic carbocycles. The molecule has 1 heteroatoms. The Balaban J connectivity index is 1.97. The van der Waals surface area contributed by atoms with Crippen molar-refractivity contribution in [3.63, 3.8) is 0 Å². The van der Waals surface area contributed by atoms with Gasteiger partial charge in [-0.3, -0.25) is 0 Å². The van der Waals surface area contributed by atoms with Crippen molar-refractivity contribution in [2.45, 2.75) is 6.16 Å². The molecule has 1 aliphatic heterocycles. The van der Waals surface area contributed by atoms with Gasteiger partial charge in [0.2, 0.25) is 0 Å². The standard InChI is InChI=1S/C16H16P/c1-17(13-14-7-3-2-4-8-14)12-11-15-9-5-6-10-16(15)17/h2-12H,13H2,1H3. The summed E-state index contributed by atoms with van der Waals surface area (Å²) in [5, 5.41) is 1.56. The van der Waals surface area contributed by atoms with E-state index in [1.54, 1.807) is 5.30 Å². The molecule has 85 valence electrons. The van der Waals surface area contributed by atoms with Gasteiger partial charge in [0.1, 0.15) is 0 Å². The Morgan fingerprint density at radius 3 is 2.41 bits per heavy atom. The first-order valence-corrected chi connectivity index (χ1v) is 8.45. The van der Waals surface area contributed by atoms with E-state index in [0.717, 1.165) is 0 Å². The molecule has 2 aromatic rings. The van der Waals surface area contributed by atoms with Crippen molar-refractivity contribution in [3.05, 3.63) is 71.5 Å². The van der Waals surface area contributed by atoms with Gasteiger partial charge in [0.05, 0.1) is 0 Å². The van der Waals surface area contributed by atoms with E-state index in [1.807, 2.05) is 0 Å². The van der Waals surface area contributed by atoms with Crippen LogP contribution in [0.15, 0.2) is 60.4 Å². The molecule has 0 nitrogen and oxygen atoms in total. The van der Waals surface area contributed by atoms with E-state index in [1.165, 1.54) is 17.3 Å². The van der Waals surface area contributed by atoms with Crippen molar-refractivity contribution in [2.24, 2.45) is 0 Å². The molecule has 0 bridgehead atoms. The predicted octanol–water partition coefficient (Wildman–Crippen LogP) is 4.14. The Morgan fingerprint density at radius 1 is 0.882 bits per heavy atom. The van der Waals surface area contributed by atoms with Crippen molar-refractivity contribution in [2.75, 3.05) is 6.66 Å². The third-order valence-electron chi connectivity index (χ3n) is 3.42. The minimum absolute atomic E-state index is 1.11. The molecule has 0 saturated carbocycles. The largest absolute Gasteiger partial charge is 0.0754 e. The maximum atomic E-state index is 2.45. The Kier molecular flexibility index (Phi) is 2.61. The van der Waals surface area contributed by atoms with Gasteiger partial charge in [-0.1, -0.05) is 73.8 Å². The van der Waals surface area contributed by atoms with E-state index < -0.39 is 7.26 Å². The summed E-state index contributed by atoms with van der Waals surface area (Å²) in [7, 11) is -1.11. The zero-order chi connectivity index (χ0) is 11.7. The molecule has 0 aromatic heterocycles. The van der Waals surface area contributed by atoms with E-state index in [-0.39, 0.29) is 0 Å². The second-order valence-electron chi connectivity index (χ2n) is 4.79. The van der Waals surface area contributed by atoms with Crippen LogP contribution in [0.25, 0.3) is 6.08 Å². The van der Waals surface area contributed by atoms with Gasteiger partial charge < -0.3 is 0 Å². The van der Waals surface area contributed by atoms with Crippen LogP contribution in [-0.4, -0.2) is 6.66 Å². The van der Waals surface area contributed by atoms with Crippen molar-refractivity contribution in [1.82, 2.24) is 0 Å². The summed E-state index contributed by atoms with van der Waals surface area (Å²) in [6.07, 6.45) is 3.48. The summed E-state index contributed by atoms with van der Waals surface area (Å²) in [4.78, 5) is 0. The van der Waals surface area contributed by atoms with Gasteiger partial charge in [-0.05, 0) is 29.3 Å². The summed E-state index contributed by atoms with van der Waals surface area (Å²) in [5.74, 6) is 2.45. The summed E-state index contributed by atoms with van der Waals surface area (Å²) in [6, 6.07) is 19.6. The van der Waals surface area contributed by atoms with Gasteiger partial charge in [-0.25, -0.2) is 0 Å². The Hall–Kier alpha value is -1.39. The summed E-state index contributed by atoms with van der Waals surface area (Å²) in [6.45, 7) is 2.43. The predicted molar refractivity (Wildman–Crippen MR) is 78.1 cm³/mol. The van der Waals surface area contributed by atoms with Crippen molar-refractivity contribution in [1.29, 1.82) is 0 Å². The molecule has 0 aliphatic carbocycles. The van der Waals surface area contributed by atoms with E-state index in [9.17, 15) is 0 Å². The lowest BCUT2D eigenvalue weighted by molar-refractivity contribution is 1.39. The molecule has 0 fully saturated rings. The Bertz CT molecular complexity index is 557. The second-order valence-corrected chi connectivity index (χ2v) is 8.42. The lowest BCUT2D eigenvalue weighted by Crippen LogP contribution is -2.09. The first kappa shape index (κ1) is 10.7. The topological polar surface area (TPSA) is 0 Å². The molecular formula is C16H16P. The summed E-state index contributed by atoms with van der Waals surface area (Å²) >= 11 is 0. The second kappa shape index (κ2) is 4.13.